The van der Waals surface area contributed by atoms with E-state index in [2.05, 4.69) is 29.2 Å². The van der Waals surface area contributed by atoms with Crippen molar-refractivity contribution < 1.29 is 9.21 Å². The lowest BCUT2D eigenvalue weighted by Gasteiger charge is -2.21. The summed E-state index contributed by atoms with van der Waals surface area (Å²) in [5.74, 6) is 0.530. The minimum atomic E-state index is 0.0136. The zero-order valence-electron chi connectivity index (χ0n) is 14.2. The van der Waals surface area contributed by atoms with Crippen LogP contribution in [0.1, 0.15) is 22.6 Å². The minimum Gasteiger partial charge on any atom is -0.472 e. The van der Waals surface area contributed by atoms with Gasteiger partial charge >= 0.3 is 6.03 Å². The van der Waals surface area contributed by atoms with Gasteiger partial charge < -0.3 is 19.5 Å². The number of carbonyl (C=O) groups is 1. The molecule has 1 atom stereocenters. The lowest BCUT2D eigenvalue weighted by molar-refractivity contribution is 0.203. The fourth-order valence-electron chi connectivity index (χ4n) is 3.08. The molecule has 0 radical (unpaired) electrons. The van der Waals surface area contributed by atoms with Crippen molar-refractivity contribution in [2.45, 2.75) is 26.4 Å². The van der Waals surface area contributed by atoms with Gasteiger partial charge in [-0.2, -0.15) is 0 Å². The van der Waals surface area contributed by atoms with Crippen molar-refractivity contribution >= 4 is 17.4 Å². The van der Waals surface area contributed by atoms with Gasteiger partial charge in [0, 0.05) is 43.2 Å². The summed E-state index contributed by atoms with van der Waals surface area (Å²) in [7, 11) is 2.14. The quantitative estimate of drug-likeness (QED) is 0.872. The molecule has 0 aromatic carbocycles. The number of hydrogen-bond acceptors (Lipinski definition) is 5. The molecule has 1 aliphatic heterocycles. The molecule has 0 saturated carbocycles. The highest BCUT2D eigenvalue weighted by atomic mass is 32.1. The van der Waals surface area contributed by atoms with Crippen LogP contribution >= 0.6 is 11.3 Å². The van der Waals surface area contributed by atoms with E-state index in [0.29, 0.717) is 12.5 Å². The summed E-state index contributed by atoms with van der Waals surface area (Å²) in [5.41, 5.74) is 4.01. The molecule has 24 heavy (non-hydrogen) atoms. The van der Waals surface area contributed by atoms with E-state index < -0.39 is 0 Å². The summed E-state index contributed by atoms with van der Waals surface area (Å²) < 4.78 is 5.01. The normalized spacial score (nSPS) is 17.6. The third-order valence-electron chi connectivity index (χ3n) is 4.43. The van der Waals surface area contributed by atoms with Gasteiger partial charge in [0.15, 0.2) is 0 Å². The summed E-state index contributed by atoms with van der Waals surface area (Å²) in [4.78, 5) is 22.1. The van der Waals surface area contributed by atoms with Crippen LogP contribution in [0.4, 0.5) is 4.79 Å². The van der Waals surface area contributed by atoms with E-state index in [4.69, 9.17) is 4.42 Å². The molecule has 0 spiro atoms. The Morgan fingerprint density at radius 2 is 2.46 bits per heavy atom. The molecule has 2 aromatic rings. The van der Waals surface area contributed by atoms with Crippen molar-refractivity contribution in [1.82, 2.24) is 20.1 Å². The Hall–Kier alpha value is -1.86. The van der Waals surface area contributed by atoms with Crippen molar-refractivity contribution in [3.8, 4) is 0 Å². The highest BCUT2D eigenvalue weighted by Crippen LogP contribution is 2.20. The van der Waals surface area contributed by atoms with Crippen LogP contribution in [0.25, 0.3) is 0 Å². The van der Waals surface area contributed by atoms with Gasteiger partial charge in [0.05, 0.1) is 23.7 Å². The van der Waals surface area contributed by atoms with Crippen molar-refractivity contribution in [1.29, 1.82) is 0 Å². The first-order valence-corrected chi connectivity index (χ1v) is 9.11. The fraction of sp³-hybridized carbons (Fsp3) is 0.529. The number of aryl methyl sites for hydroxylation is 1. The Morgan fingerprint density at radius 3 is 3.17 bits per heavy atom. The second kappa shape index (κ2) is 7.81. The molecule has 1 aliphatic rings. The maximum absolute atomic E-state index is 12.2. The van der Waals surface area contributed by atoms with Gasteiger partial charge in [-0.1, -0.05) is 0 Å². The van der Waals surface area contributed by atoms with Crippen molar-refractivity contribution in [3.05, 3.63) is 40.2 Å². The molecular weight excluding hydrogens is 324 g/mol. The summed E-state index contributed by atoms with van der Waals surface area (Å²) in [6.45, 7) is 6.16. The van der Waals surface area contributed by atoms with Gasteiger partial charge in [-0.15, -0.1) is 11.3 Å². The van der Waals surface area contributed by atoms with Crippen LogP contribution in [0.5, 0.6) is 0 Å². The first-order chi connectivity index (χ1) is 11.6. The van der Waals surface area contributed by atoms with Gasteiger partial charge in [0.1, 0.15) is 0 Å². The van der Waals surface area contributed by atoms with Crippen molar-refractivity contribution in [2.24, 2.45) is 5.92 Å². The predicted molar refractivity (Wildman–Crippen MR) is 93.8 cm³/mol. The second-order valence-corrected chi connectivity index (χ2v) is 7.39. The molecule has 0 aliphatic carbocycles. The van der Waals surface area contributed by atoms with Gasteiger partial charge in [0.25, 0.3) is 0 Å². The Morgan fingerprint density at radius 1 is 1.58 bits per heavy atom. The number of aromatic nitrogens is 1. The Balaban J connectivity index is 1.41. The summed E-state index contributed by atoms with van der Waals surface area (Å²) in [6.07, 6.45) is 4.34. The van der Waals surface area contributed by atoms with Crippen LogP contribution in [0.2, 0.25) is 0 Å². The lowest BCUT2D eigenvalue weighted by atomic mass is 10.1. The second-order valence-electron chi connectivity index (χ2n) is 6.45. The summed E-state index contributed by atoms with van der Waals surface area (Å²) in [5, 5.41) is 2.95. The third kappa shape index (κ3) is 4.36. The molecule has 1 saturated heterocycles. The van der Waals surface area contributed by atoms with Crippen molar-refractivity contribution in [3.63, 3.8) is 0 Å². The Bertz CT molecular complexity index is 655. The van der Waals surface area contributed by atoms with E-state index in [0.717, 1.165) is 43.9 Å². The maximum atomic E-state index is 12.2. The lowest BCUT2D eigenvalue weighted by Crippen LogP contribution is -2.38. The van der Waals surface area contributed by atoms with Crippen LogP contribution in [0, 0.1) is 12.8 Å². The van der Waals surface area contributed by atoms with Crippen LogP contribution in [-0.2, 0) is 13.1 Å². The number of thiazole rings is 1. The Labute approximate surface area is 146 Å². The largest absolute Gasteiger partial charge is 0.472 e. The van der Waals surface area contributed by atoms with E-state index in [1.54, 1.807) is 23.9 Å². The molecule has 3 heterocycles. The predicted octanol–water partition coefficient (Wildman–Crippen LogP) is 2.71. The number of hydrogen-bond donors (Lipinski definition) is 1. The van der Waals surface area contributed by atoms with E-state index >= 15 is 0 Å². The average Bonchev–Trinajstić information content (AvgIpc) is 3.28. The zero-order chi connectivity index (χ0) is 16.9. The molecule has 1 unspecified atom stereocenters. The first-order valence-electron chi connectivity index (χ1n) is 8.23. The molecule has 0 bridgehead atoms. The maximum Gasteiger partial charge on any atom is 0.317 e. The molecular formula is C17H24N4O2S. The highest BCUT2D eigenvalue weighted by Gasteiger charge is 2.27. The number of urea groups is 1. The highest BCUT2D eigenvalue weighted by molar-refractivity contribution is 7.09. The molecule has 1 fully saturated rings. The first kappa shape index (κ1) is 17.0. The van der Waals surface area contributed by atoms with E-state index in [1.807, 2.05) is 16.5 Å². The fourth-order valence-corrected chi connectivity index (χ4v) is 3.93. The smallest absolute Gasteiger partial charge is 0.317 e. The van der Waals surface area contributed by atoms with Crippen LogP contribution in [0.3, 0.4) is 0 Å². The van der Waals surface area contributed by atoms with Gasteiger partial charge in [0.2, 0.25) is 0 Å². The van der Waals surface area contributed by atoms with E-state index in [9.17, 15) is 4.79 Å². The van der Waals surface area contributed by atoms with Crippen LogP contribution in [0.15, 0.2) is 28.5 Å². The number of likely N-dealkylation sites (tertiary alicyclic amines) is 1. The molecule has 1 N–H and O–H groups in total. The number of nitrogens with zero attached hydrogens (tertiary/aromatic N) is 3. The van der Waals surface area contributed by atoms with Crippen LogP contribution in [-0.4, -0.2) is 47.5 Å². The third-order valence-corrected chi connectivity index (χ3v) is 5.35. The number of nitrogens with one attached hydrogen (secondary N) is 1. The SMILES string of the molecule is Cc1ncsc1CN(C)CC1CCN(C(=O)NCc2ccoc2)C1. The molecule has 130 valence electrons. The monoisotopic (exact) mass is 348 g/mol. The number of carbonyl (C=O) groups excluding carboxylic acids is 1. The number of rotatable bonds is 6. The average molecular weight is 348 g/mol. The number of amides is 2. The molecule has 2 amide bonds. The van der Waals surface area contributed by atoms with Gasteiger partial charge in [-0.05, 0) is 32.4 Å². The molecule has 6 nitrogen and oxygen atoms in total. The molecule has 2 aromatic heterocycles. The van der Waals surface area contributed by atoms with Crippen LogP contribution < -0.4 is 5.32 Å². The standard InChI is InChI=1S/C17H24N4O2S/c1-13-16(24-12-19-13)10-20(2)8-15-3-5-21(9-15)17(22)18-7-14-4-6-23-11-14/h4,6,11-12,15H,3,5,7-10H2,1-2H3,(H,18,22). The van der Waals surface area contributed by atoms with Gasteiger partial charge in [-0.25, -0.2) is 9.78 Å². The zero-order valence-corrected chi connectivity index (χ0v) is 15.0. The van der Waals surface area contributed by atoms with E-state index in [-0.39, 0.29) is 6.03 Å². The molecule has 3 rings (SSSR count). The molecule has 7 heteroatoms. The topological polar surface area (TPSA) is 61.6 Å². The van der Waals surface area contributed by atoms with Gasteiger partial charge in [-0.3, -0.25) is 0 Å². The van der Waals surface area contributed by atoms with E-state index in [1.165, 1.54) is 4.88 Å². The Kier molecular flexibility index (Phi) is 5.52. The van der Waals surface area contributed by atoms with Crippen molar-refractivity contribution in [2.75, 3.05) is 26.7 Å². The summed E-state index contributed by atoms with van der Waals surface area (Å²) in [6, 6.07) is 1.88. The minimum absolute atomic E-state index is 0.0136. The summed E-state index contributed by atoms with van der Waals surface area (Å²) >= 11 is 1.71. The number of furan rings is 1.